The Balaban J connectivity index is 0.00000243. The molecule has 0 radical (unpaired) electrons. The Hall–Kier alpha value is -2.24. The number of Topliss-reactive ketones (excluding diaryl/α,β-unsaturated/α-hetero) is 1. The van der Waals surface area contributed by atoms with Crippen LogP contribution in [0.3, 0.4) is 0 Å². The quantitative estimate of drug-likeness (QED) is 0.760. The molecule has 1 aliphatic rings. The summed E-state index contributed by atoms with van der Waals surface area (Å²) < 4.78 is 13.2. The molecule has 3 rings (SSSR count). The number of hydrogen-bond donors (Lipinski definition) is 2. The highest BCUT2D eigenvalue weighted by molar-refractivity contribution is 5.99. The largest absolute Gasteiger partial charge is 0.352 e. The SMILES string of the molecule is CC(CC(=O)NCc1ccc2c(c1)CNC2)C(=O)c1cccc(F)c1.Cl. The van der Waals surface area contributed by atoms with E-state index < -0.39 is 11.7 Å². The highest BCUT2D eigenvalue weighted by atomic mass is 35.5. The number of hydrogen-bond acceptors (Lipinski definition) is 3. The first-order valence-electron chi connectivity index (χ1n) is 8.41. The summed E-state index contributed by atoms with van der Waals surface area (Å²) in [6.07, 6.45) is 0.0852. The lowest BCUT2D eigenvalue weighted by molar-refractivity contribution is -0.121. The normalized spacial score (nSPS) is 13.5. The molecule has 1 amide bonds. The zero-order chi connectivity index (χ0) is 17.8. The lowest BCUT2D eigenvalue weighted by Gasteiger charge is -2.11. The van der Waals surface area contributed by atoms with Crippen LogP contribution in [-0.2, 0) is 24.4 Å². The molecule has 26 heavy (non-hydrogen) atoms. The van der Waals surface area contributed by atoms with Crippen molar-refractivity contribution >= 4 is 24.1 Å². The van der Waals surface area contributed by atoms with Gasteiger partial charge in [0, 0.05) is 37.5 Å². The molecule has 0 aliphatic carbocycles. The maximum Gasteiger partial charge on any atom is 0.220 e. The number of carbonyl (C=O) groups excluding carboxylic acids is 2. The molecule has 1 heterocycles. The monoisotopic (exact) mass is 376 g/mol. The highest BCUT2D eigenvalue weighted by Gasteiger charge is 2.19. The molecule has 1 aliphatic heterocycles. The average molecular weight is 377 g/mol. The number of benzene rings is 2. The summed E-state index contributed by atoms with van der Waals surface area (Å²) in [5.74, 6) is -1.35. The van der Waals surface area contributed by atoms with Crippen molar-refractivity contribution in [1.82, 2.24) is 10.6 Å². The van der Waals surface area contributed by atoms with Gasteiger partial charge in [-0.3, -0.25) is 9.59 Å². The number of halogens is 2. The van der Waals surface area contributed by atoms with Crippen LogP contribution in [0.1, 0.15) is 40.4 Å². The second-order valence-corrected chi connectivity index (χ2v) is 6.46. The maximum atomic E-state index is 13.2. The van der Waals surface area contributed by atoms with Gasteiger partial charge in [-0.1, -0.05) is 37.3 Å². The fourth-order valence-corrected chi connectivity index (χ4v) is 3.03. The average Bonchev–Trinajstić information content (AvgIpc) is 3.07. The van der Waals surface area contributed by atoms with E-state index in [1.54, 1.807) is 13.0 Å². The third kappa shape index (κ3) is 4.90. The van der Waals surface area contributed by atoms with Crippen LogP contribution in [0, 0.1) is 11.7 Å². The predicted octanol–water partition coefficient (Wildman–Crippen LogP) is 3.38. The second kappa shape index (κ2) is 8.92. The summed E-state index contributed by atoms with van der Waals surface area (Å²) in [5, 5.41) is 6.14. The number of rotatable bonds is 6. The lowest BCUT2D eigenvalue weighted by atomic mass is 9.96. The van der Waals surface area contributed by atoms with Gasteiger partial charge in [0.1, 0.15) is 5.82 Å². The van der Waals surface area contributed by atoms with E-state index >= 15 is 0 Å². The van der Waals surface area contributed by atoms with Gasteiger partial charge in [0.2, 0.25) is 5.91 Å². The Labute approximate surface area is 158 Å². The Morgan fingerprint density at radius 2 is 1.92 bits per heavy atom. The molecule has 0 bridgehead atoms. The first-order valence-corrected chi connectivity index (χ1v) is 8.41. The smallest absolute Gasteiger partial charge is 0.220 e. The molecule has 2 aromatic carbocycles. The van der Waals surface area contributed by atoms with Gasteiger partial charge in [0.05, 0.1) is 0 Å². The van der Waals surface area contributed by atoms with Gasteiger partial charge in [-0.25, -0.2) is 4.39 Å². The molecule has 0 spiro atoms. The van der Waals surface area contributed by atoms with E-state index in [2.05, 4.69) is 22.8 Å². The number of ketones is 1. The first kappa shape index (κ1) is 20.1. The fourth-order valence-electron chi connectivity index (χ4n) is 3.03. The van der Waals surface area contributed by atoms with Crippen molar-refractivity contribution < 1.29 is 14.0 Å². The molecular weight excluding hydrogens is 355 g/mol. The van der Waals surface area contributed by atoms with Gasteiger partial charge < -0.3 is 10.6 Å². The Morgan fingerprint density at radius 3 is 2.69 bits per heavy atom. The van der Waals surface area contributed by atoms with Crippen molar-refractivity contribution in [3.05, 3.63) is 70.5 Å². The topological polar surface area (TPSA) is 58.2 Å². The van der Waals surface area contributed by atoms with Crippen LogP contribution in [0.25, 0.3) is 0 Å². The minimum Gasteiger partial charge on any atom is -0.352 e. The molecule has 6 heteroatoms. The van der Waals surface area contributed by atoms with Crippen molar-refractivity contribution in [3.63, 3.8) is 0 Å². The molecule has 0 saturated heterocycles. The number of amides is 1. The predicted molar refractivity (Wildman–Crippen MR) is 101 cm³/mol. The van der Waals surface area contributed by atoms with Crippen molar-refractivity contribution in [2.45, 2.75) is 33.0 Å². The van der Waals surface area contributed by atoms with E-state index in [4.69, 9.17) is 0 Å². The summed E-state index contributed by atoms with van der Waals surface area (Å²) in [6, 6.07) is 11.7. The van der Waals surface area contributed by atoms with Crippen LogP contribution in [0.15, 0.2) is 42.5 Å². The van der Waals surface area contributed by atoms with Gasteiger partial charge in [-0.05, 0) is 28.8 Å². The Morgan fingerprint density at radius 1 is 1.15 bits per heavy atom. The standard InChI is InChI=1S/C20H21FN2O2.ClH/c1-13(20(25)15-3-2-4-18(21)9-15)7-19(24)23-10-14-5-6-16-11-22-12-17(16)8-14;/h2-6,8-9,13,22H,7,10-12H2,1H3,(H,23,24);1H. The van der Waals surface area contributed by atoms with Crippen molar-refractivity contribution in [1.29, 1.82) is 0 Å². The van der Waals surface area contributed by atoms with E-state index in [0.29, 0.717) is 12.1 Å². The second-order valence-electron chi connectivity index (χ2n) is 6.46. The fraction of sp³-hybridized carbons (Fsp3) is 0.300. The molecule has 2 aromatic rings. The molecule has 1 atom stereocenters. The van der Waals surface area contributed by atoms with E-state index in [1.807, 2.05) is 6.07 Å². The Kier molecular flexibility index (Phi) is 6.89. The van der Waals surface area contributed by atoms with Crippen LogP contribution in [0.2, 0.25) is 0 Å². The van der Waals surface area contributed by atoms with Crippen molar-refractivity contribution in [2.75, 3.05) is 0 Å². The van der Waals surface area contributed by atoms with Crippen molar-refractivity contribution in [2.24, 2.45) is 5.92 Å². The van der Waals surface area contributed by atoms with Crippen LogP contribution in [0.5, 0.6) is 0 Å². The van der Waals surface area contributed by atoms with Gasteiger partial charge in [0.25, 0.3) is 0 Å². The zero-order valence-corrected chi connectivity index (χ0v) is 15.4. The molecule has 0 saturated carbocycles. The summed E-state index contributed by atoms with van der Waals surface area (Å²) >= 11 is 0. The zero-order valence-electron chi connectivity index (χ0n) is 14.5. The molecule has 138 valence electrons. The number of fused-ring (bicyclic) bond motifs is 1. The van der Waals surface area contributed by atoms with Gasteiger partial charge in [-0.2, -0.15) is 0 Å². The van der Waals surface area contributed by atoms with Gasteiger partial charge in [-0.15, -0.1) is 12.4 Å². The molecular formula is C20H22ClFN2O2. The summed E-state index contributed by atoms with van der Waals surface area (Å²) in [4.78, 5) is 24.4. The van der Waals surface area contributed by atoms with Crippen LogP contribution in [0.4, 0.5) is 4.39 Å². The van der Waals surface area contributed by atoms with Crippen LogP contribution >= 0.6 is 12.4 Å². The third-order valence-corrected chi connectivity index (χ3v) is 4.44. The number of nitrogens with one attached hydrogen (secondary N) is 2. The Bertz CT molecular complexity index is 810. The van der Waals surface area contributed by atoms with Gasteiger partial charge >= 0.3 is 0 Å². The molecule has 0 fully saturated rings. The minimum atomic E-state index is -0.494. The molecule has 0 aromatic heterocycles. The van der Waals surface area contributed by atoms with Crippen LogP contribution < -0.4 is 10.6 Å². The van der Waals surface area contributed by atoms with Gasteiger partial charge in [0.15, 0.2) is 5.78 Å². The van der Waals surface area contributed by atoms with Crippen molar-refractivity contribution in [3.8, 4) is 0 Å². The van der Waals surface area contributed by atoms with Crippen LogP contribution in [-0.4, -0.2) is 11.7 Å². The molecule has 4 nitrogen and oxygen atoms in total. The molecule has 1 unspecified atom stereocenters. The third-order valence-electron chi connectivity index (χ3n) is 4.44. The van der Waals surface area contributed by atoms with E-state index in [1.165, 1.54) is 29.3 Å². The first-order chi connectivity index (χ1) is 12.0. The summed E-state index contributed by atoms with van der Waals surface area (Å²) in [5.41, 5.74) is 3.90. The molecule has 2 N–H and O–H groups in total. The maximum absolute atomic E-state index is 13.2. The van der Waals surface area contributed by atoms with E-state index in [0.717, 1.165) is 18.7 Å². The highest BCUT2D eigenvalue weighted by Crippen LogP contribution is 2.17. The van der Waals surface area contributed by atoms with E-state index in [-0.39, 0.29) is 30.5 Å². The number of carbonyl (C=O) groups is 2. The summed E-state index contributed by atoms with van der Waals surface area (Å²) in [6.45, 7) is 3.87. The summed E-state index contributed by atoms with van der Waals surface area (Å²) in [7, 11) is 0. The minimum absolute atomic E-state index is 0. The van der Waals surface area contributed by atoms with E-state index in [9.17, 15) is 14.0 Å². The lowest BCUT2D eigenvalue weighted by Crippen LogP contribution is -2.27.